The van der Waals surface area contributed by atoms with Crippen LogP contribution >= 0.6 is 22.9 Å². The van der Waals surface area contributed by atoms with E-state index >= 15 is 0 Å². The third-order valence-corrected chi connectivity index (χ3v) is 4.35. The summed E-state index contributed by atoms with van der Waals surface area (Å²) in [5.41, 5.74) is 1.28. The Balaban J connectivity index is 2.20. The number of amides is 1. The summed E-state index contributed by atoms with van der Waals surface area (Å²) >= 11 is 2.07. The molecule has 0 bridgehead atoms. The van der Waals surface area contributed by atoms with Gasteiger partial charge in [-0.2, -0.15) is 0 Å². The van der Waals surface area contributed by atoms with E-state index in [9.17, 15) is 9.59 Å². The maximum absolute atomic E-state index is 12.0. The molecular formula is C11H11N3O3S2. The van der Waals surface area contributed by atoms with Crippen molar-refractivity contribution in [2.75, 3.05) is 5.32 Å². The summed E-state index contributed by atoms with van der Waals surface area (Å²) in [5, 5.41) is 16.0. The van der Waals surface area contributed by atoms with Gasteiger partial charge >= 0.3 is 5.97 Å². The number of aryl methyl sites for hydroxylation is 2. The van der Waals surface area contributed by atoms with Crippen LogP contribution in [0.1, 0.15) is 37.5 Å². The van der Waals surface area contributed by atoms with Gasteiger partial charge in [0, 0.05) is 0 Å². The minimum Gasteiger partial charge on any atom is -0.477 e. The Morgan fingerprint density at radius 1 is 1.42 bits per heavy atom. The number of rotatable bonds is 4. The lowest BCUT2D eigenvalue weighted by Crippen LogP contribution is -2.11. The zero-order chi connectivity index (χ0) is 14.0. The zero-order valence-electron chi connectivity index (χ0n) is 10.3. The van der Waals surface area contributed by atoms with Crippen LogP contribution in [0.3, 0.4) is 0 Å². The Morgan fingerprint density at radius 2 is 2.16 bits per heavy atom. The lowest BCUT2D eigenvalue weighted by Gasteiger charge is -2.00. The van der Waals surface area contributed by atoms with E-state index in [1.807, 2.05) is 6.92 Å². The van der Waals surface area contributed by atoms with Crippen LogP contribution < -0.4 is 5.32 Å². The largest absolute Gasteiger partial charge is 0.477 e. The molecule has 0 aliphatic carbocycles. The lowest BCUT2D eigenvalue weighted by molar-refractivity contribution is 0.0701. The van der Waals surface area contributed by atoms with Gasteiger partial charge < -0.3 is 10.4 Å². The Hall–Kier alpha value is -1.80. The number of carbonyl (C=O) groups excluding carboxylic acids is 1. The number of hydrogen-bond acceptors (Lipinski definition) is 6. The van der Waals surface area contributed by atoms with Gasteiger partial charge in [-0.15, -0.1) is 16.4 Å². The first-order valence-electron chi connectivity index (χ1n) is 5.49. The predicted molar refractivity (Wildman–Crippen MR) is 73.3 cm³/mol. The number of aromatic nitrogens is 2. The molecule has 0 unspecified atom stereocenters. The van der Waals surface area contributed by atoms with E-state index in [4.69, 9.17) is 5.11 Å². The number of anilines is 1. The van der Waals surface area contributed by atoms with Crippen LogP contribution in [0.5, 0.6) is 0 Å². The number of carboxylic acid groups (broad SMARTS) is 1. The van der Waals surface area contributed by atoms with Gasteiger partial charge in [0.25, 0.3) is 5.91 Å². The molecule has 0 aliphatic heterocycles. The molecule has 2 rings (SSSR count). The molecule has 1 amide bonds. The first kappa shape index (κ1) is 13.6. The SMILES string of the molecule is CCc1nnsc1C(=O)Nc1cc(C)c(C(=O)O)s1. The average molecular weight is 297 g/mol. The molecule has 0 saturated heterocycles. The van der Waals surface area contributed by atoms with Gasteiger partial charge in [-0.25, -0.2) is 4.79 Å². The van der Waals surface area contributed by atoms with E-state index in [2.05, 4.69) is 14.9 Å². The third kappa shape index (κ3) is 2.79. The summed E-state index contributed by atoms with van der Waals surface area (Å²) < 4.78 is 3.75. The Bertz CT molecular complexity index is 633. The molecule has 0 spiro atoms. The number of nitrogens with zero attached hydrogens (tertiary/aromatic N) is 2. The quantitative estimate of drug-likeness (QED) is 0.904. The van der Waals surface area contributed by atoms with Gasteiger partial charge in [0.1, 0.15) is 9.75 Å². The monoisotopic (exact) mass is 297 g/mol. The van der Waals surface area contributed by atoms with Crippen LogP contribution in [0.15, 0.2) is 6.07 Å². The van der Waals surface area contributed by atoms with E-state index < -0.39 is 5.97 Å². The fourth-order valence-electron chi connectivity index (χ4n) is 1.54. The highest BCUT2D eigenvalue weighted by molar-refractivity contribution is 7.18. The second-order valence-corrected chi connectivity index (χ2v) is 5.59. The van der Waals surface area contributed by atoms with E-state index in [-0.39, 0.29) is 10.8 Å². The first-order valence-corrected chi connectivity index (χ1v) is 7.08. The molecule has 8 heteroatoms. The molecule has 0 radical (unpaired) electrons. The second-order valence-electron chi connectivity index (χ2n) is 3.78. The molecule has 2 N–H and O–H groups in total. The summed E-state index contributed by atoms with van der Waals surface area (Å²) in [6.45, 7) is 3.59. The Kier molecular flexibility index (Phi) is 3.91. The van der Waals surface area contributed by atoms with Crippen molar-refractivity contribution in [2.45, 2.75) is 20.3 Å². The maximum Gasteiger partial charge on any atom is 0.346 e. The van der Waals surface area contributed by atoms with Gasteiger partial charge in [0.2, 0.25) is 0 Å². The minimum absolute atomic E-state index is 0.230. The standard InChI is InChI=1S/C11H11N3O3S2/c1-3-6-9(19-14-13-6)10(15)12-7-4-5(2)8(18-7)11(16)17/h4H,3H2,1-2H3,(H,12,15)(H,16,17). The summed E-state index contributed by atoms with van der Waals surface area (Å²) in [5.74, 6) is -1.29. The van der Waals surface area contributed by atoms with E-state index in [0.717, 1.165) is 22.9 Å². The number of nitrogens with one attached hydrogen (secondary N) is 1. The summed E-state index contributed by atoms with van der Waals surface area (Å²) in [6.07, 6.45) is 0.628. The van der Waals surface area contributed by atoms with Crippen LogP contribution in [0.25, 0.3) is 0 Å². The number of aromatic carboxylic acids is 1. The van der Waals surface area contributed by atoms with E-state index in [1.54, 1.807) is 13.0 Å². The van der Waals surface area contributed by atoms with Crippen molar-refractivity contribution in [2.24, 2.45) is 0 Å². The number of thiophene rings is 1. The normalized spacial score (nSPS) is 10.4. The van der Waals surface area contributed by atoms with Crippen LogP contribution in [-0.4, -0.2) is 26.6 Å². The average Bonchev–Trinajstić information content (AvgIpc) is 2.95. The molecule has 6 nitrogen and oxygen atoms in total. The van der Waals surface area contributed by atoms with Gasteiger partial charge in [-0.3, -0.25) is 4.79 Å². The highest BCUT2D eigenvalue weighted by Gasteiger charge is 2.18. The highest BCUT2D eigenvalue weighted by Crippen LogP contribution is 2.27. The van der Waals surface area contributed by atoms with Crippen molar-refractivity contribution in [3.8, 4) is 0 Å². The minimum atomic E-state index is -0.989. The molecule has 2 aromatic heterocycles. The van der Waals surface area contributed by atoms with Crippen molar-refractivity contribution >= 4 is 39.7 Å². The smallest absolute Gasteiger partial charge is 0.346 e. The van der Waals surface area contributed by atoms with Crippen LogP contribution in [0.4, 0.5) is 5.00 Å². The molecule has 100 valence electrons. The van der Waals surface area contributed by atoms with Gasteiger partial charge in [-0.05, 0) is 36.5 Å². The number of hydrogen-bond donors (Lipinski definition) is 2. The highest BCUT2D eigenvalue weighted by atomic mass is 32.1. The number of carbonyl (C=O) groups is 2. The molecule has 2 aromatic rings. The van der Waals surface area contributed by atoms with Crippen LogP contribution in [0, 0.1) is 6.92 Å². The molecule has 0 saturated carbocycles. The fraction of sp³-hybridized carbons (Fsp3) is 0.273. The van der Waals surface area contributed by atoms with Gasteiger partial charge in [0.15, 0.2) is 0 Å². The zero-order valence-corrected chi connectivity index (χ0v) is 11.9. The first-order chi connectivity index (χ1) is 9.02. The van der Waals surface area contributed by atoms with Crippen molar-refractivity contribution in [1.29, 1.82) is 0 Å². The number of carboxylic acids is 1. The van der Waals surface area contributed by atoms with Crippen molar-refractivity contribution in [3.63, 3.8) is 0 Å². The topological polar surface area (TPSA) is 92.2 Å². The summed E-state index contributed by atoms with van der Waals surface area (Å²) in [7, 11) is 0. The molecule has 0 atom stereocenters. The second kappa shape index (κ2) is 5.45. The Morgan fingerprint density at radius 3 is 2.74 bits per heavy atom. The molecule has 0 aromatic carbocycles. The van der Waals surface area contributed by atoms with E-state index in [0.29, 0.717) is 27.6 Å². The summed E-state index contributed by atoms with van der Waals surface area (Å²) in [4.78, 5) is 23.6. The molecule has 0 fully saturated rings. The van der Waals surface area contributed by atoms with Crippen molar-refractivity contribution in [3.05, 3.63) is 27.1 Å². The Labute approximate surface area is 117 Å². The predicted octanol–water partition coefficient (Wildman–Crippen LogP) is 2.42. The maximum atomic E-state index is 12.0. The lowest BCUT2D eigenvalue weighted by atomic mass is 10.3. The summed E-state index contributed by atoms with van der Waals surface area (Å²) in [6, 6.07) is 1.64. The van der Waals surface area contributed by atoms with Gasteiger partial charge in [0.05, 0.1) is 10.7 Å². The molecule has 19 heavy (non-hydrogen) atoms. The molecule has 2 heterocycles. The molecular weight excluding hydrogens is 286 g/mol. The van der Waals surface area contributed by atoms with Crippen molar-refractivity contribution < 1.29 is 14.7 Å². The van der Waals surface area contributed by atoms with Crippen LogP contribution in [-0.2, 0) is 6.42 Å². The van der Waals surface area contributed by atoms with Crippen molar-refractivity contribution in [1.82, 2.24) is 9.59 Å². The van der Waals surface area contributed by atoms with Gasteiger partial charge in [-0.1, -0.05) is 11.4 Å². The van der Waals surface area contributed by atoms with E-state index in [1.165, 1.54) is 0 Å². The molecule has 0 aliphatic rings. The van der Waals surface area contributed by atoms with Crippen LogP contribution in [0.2, 0.25) is 0 Å². The fourth-order valence-corrected chi connectivity index (χ4v) is 3.09. The third-order valence-electron chi connectivity index (χ3n) is 2.45.